The molecule has 2 N–H and O–H groups in total. The lowest BCUT2D eigenvalue weighted by molar-refractivity contribution is 0.0186. The number of aryl methyl sites for hydroxylation is 1. The van der Waals surface area contributed by atoms with Crippen molar-refractivity contribution in [2.45, 2.75) is 39.2 Å². The average Bonchev–Trinajstić information content (AvgIpc) is 3.19. The lowest BCUT2D eigenvalue weighted by Crippen LogP contribution is -2.53. The SMILES string of the molecule is CC(C)(C)OC(=O)N1CCN(C(N)=NCCCc2nc(-c3ccc(F)cc3)no2)CC1. The van der Waals surface area contributed by atoms with Crippen LogP contribution in [0, 0.1) is 5.82 Å². The summed E-state index contributed by atoms with van der Waals surface area (Å²) in [4.78, 5) is 24.5. The van der Waals surface area contributed by atoms with Crippen molar-refractivity contribution in [2.24, 2.45) is 10.7 Å². The standard InChI is InChI=1S/C21H29FN6O3/c1-21(2,3)30-20(29)28-13-11-27(12-14-28)19(23)24-10-4-5-17-25-18(26-31-17)15-6-8-16(22)9-7-15/h6-9H,4-5,10-14H2,1-3H3,(H2,23,24). The molecule has 1 aromatic heterocycles. The fraction of sp³-hybridized carbons (Fsp3) is 0.524. The molecule has 0 saturated carbocycles. The van der Waals surface area contributed by atoms with Gasteiger partial charge < -0.3 is 24.8 Å². The lowest BCUT2D eigenvalue weighted by atomic mass is 10.2. The zero-order valence-electron chi connectivity index (χ0n) is 18.2. The number of carbonyl (C=O) groups excluding carboxylic acids is 1. The highest BCUT2D eigenvalue weighted by molar-refractivity contribution is 5.78. The zero-order valence-corrected chi connectivity index (χ0v) is 18.2. The Balaban J connectivity index is 1.41. The Kier molecular flexibility index (Phi) is 7.09. The van der Waals surface area contributed by atoms with E-state index in [0.717, 1.165) is 0 Å². The average molecular weight is 433 g/mol. The van der Waals surface area contributed by atoms with Crippen LogP contribution in [-0.2, 0) is 11.2 Å². The van der Waals surface area contributed by atoms with E-state index in [-0.39, 0.29) is 11.9 Å². The molecule has 0 spiro atoms. The number of benzene rings is 1. The molecule has 1 aromatic carbocycles. The van der Waals surface area contributed by atoms with Gasteiger partial charge in [-0.1, -0.05) is 5.16 Å². The minimum absolute atomic E-state index is 0.303. The van der Waals surface area contributed by atoms with Gasteiger partial charge in [0.25, 0.3) is 0 Å². The number of nitrogens with zero attached hydrogens (tertiary/aromatic N) is 5. The van der Waals surface area contributed by atoms with E-state index >= 15 is 0 Å². The number of carbonyl (C=O) groups is 1. The van der Waals surface area contributed by atoms with Crippen molar-refractivity contribution >= 4 is 12.1 Å². The van der Waals surface area contributed by atoms with Gasteiger partial charge in [-0.15, -0.1) is 0 Å². The Morgan fingerprint density at radius 3 is 2.48 bits per heavy atom. The van der Waals surface area contributed by atoms with Gasteiger partial charge in [0.05, 0.1) is 0 Å². The Morgan fingerprint density at radius 2 is 1.84 bits per heavy atom. The first-order valence-corrected chi connectivity index (χ1v) is 10.3. The monoisotopic (exact) mass is 432 g/mol. The van der Waals surface area contributed by atoms with Gasteiger partial charge >= 0.3 is 6.09 Å². The Labute approximate surface area is 181 Å². The normalized spacial score (nSPS) is 15.3. The second kappa shape index (κ2) is 9.76. The van der Waals surface area contributed by atoms with E-state index in [4.69, 9.17) is 15.0 Å². The summed E-state index contributed by atoms with van der Waals surface area (Å²) in [6.07, 6.45) is 0.961. The van der Waals surface area contributed by atoms with Crippen LogP contribution in [0.2, 0.25) is 0 Å². The molecule has 0 radical (unpaired) electrons. The summed E-state index contributed by atoms with van der Waals surface area (Å²) in [5.41, 5.74) is 6.29. The van der Waals surface area contributed by atoms with Crippen molar-refractivity contribution in [1.29, 1.82) is 0 Å². The number of piperazine rings is 1. The fourth-order valence-corrected chi connectivity index (χ4v) is 3.04. The van der Waals surface area contributed by atoms with Gasteiger partial charge in [-0.05, 0) is 51.5 Å². The number of rotatable bonds is 5. The molecule has 1 amide bonds. The van der Waals surface area contributed by atoms with Crippen LogP contribution in [0.1, 0.15) is 33.1 Å². The molecule has 10 heteroatoms. The first-order chi connectivity index (χ1) is 14.7. The van der Waals surface area contributed by atoms with Crippen LogP contribution in [0.25, 0.3) is 11.4 Å². The third-order valence-corrected chi connectivity index (χ3v) is 4.65. The minimum atomic E-state index is -0.507. The molecular weight excluding hydrogens is 403 g/mol. The number of ether oxygens (including phenoxy) is 1. The molecular formula is C21H29FN6O3. The predicted molar refractivity (Wildman–Crippen MR) is 114 cm³/mol. The fourth-order valence-electron chi connectivity index (χ4n) is 3.04. The highest BCUT2D eigenvalue weighted by Crippen LogP contribution is 2.16. The highest BCUT2D eigenvalue weighted by Gasteiger charge is 2.26. The maximum atomic E-state index is 13.0. The summed E-state index contributed by atoms with van der Waals surface area (Å²) < 4.78 is 23.7. The molecule has 1 saturated heterocycles. The van der Waals surface area contributed by atoms with Gasteiger partial charge in [0.15, 0.2) is 5.96 Å². The number of amides is 1. The second-order valence-corrected chi connectivity index (χ2v) is 8.32. The number of aliphatic imine (C=N–C) groups is 1. The Hall–Kier alpha value is -3.17. The molecule has 31 heavy (non-hydrogen) atoms. The van der Waals surface area contributed by atoms with E-state index in [1.165, 1.54) is 12.1 Å². The molecule has 1 fully saturated rings. The van der Waals surface area contributed by atoms with Gasteiger partial charge in [-0.2, -0.15) is 4.98 Å². The number of halogens is 1. The van der Waals surface area contributed by atoms with E-state index in [1.54, 1.807) is 17.0 Å². The summed E-state index contributed by atoms with van der Waals surface area (Å²) in [6.45, 7) is 8.38. The van der Waals surface area contributed by atoms with E-state index in [9.17, 15) is 9.18 Å². The first-order valence-electron chi connectivity index (χ1n) is 10.3. The van der Waals surface area contributed by atoms with Crippen molar-refractivity contribution in [3.63, 3.8) is 0 Å². The summed E-state index contributed by atoms with van der Waals surface area (Å²) in [5, 5.41) is 3.93. The summed E-state index contributed by atoms with van der Waals surface area (Å²) >= 11 is 0. The first kappa shape index (κ1) is 22.5. The molecule has 3 rings (SSSR count). The Bertz CT molecular complexity index is 899. The van der Waals surface area contributed by atoms with Gasteiger partial charge in [0.1, 0.15) is 11.4 Å². The quantitative estimate of drug-likeness (QED) is 0.439. The predicted octanol–water partition coefficient (Wildman–Crippen LogP) is 2.68. The molecule has 2 aromatic rings. The zero-order chi connectivity index (χ0) is 22.4. The third kappa shape index (κ3) is 6.66. The van der Waals surface area contributed by atoms with Crippen molar-refractivity contribution in [1.82, 2.24) is 19.9 Å². The molecule has 168 valence electrons. The minimum Gasteiger partial charge on any atom is -0.444 e. The largest absolute Gasteiger partial charge is 0.444 e. The summed E-state index contributed by atoms with van der Waals surface area (Å²) in [6, 6.07) is 5.93. The summed E-state index contributed by atoms with van der Waals surface area (Å²) in [7, 11) is 0. The number of hydrogen-bond donors (Lipinski definition) is 1. The van der Waals surface area contributed by atoms with E-state index in [2.05, 4.69) is 15.1 Å². The topological polar surface area (TPSA) is 110 Å². The summed E-state index contributed by atoms with van der Waals surface area (Å²) in [5.74, 6) is 1.08. The Morgan fingerprint density at radius 1 is 1.19 bits per heavy atom. The third-order valence-electron chi connectivity index (χ3n) is 4.65. The van der Waals surface area contributed by atoms with Crippen molar-refractivity contribution < 1.29 is 18.4 Å². The smallest absolute Gasteiger partial charge is 0.410 e. The second-order valence-electron chi connectivity index (χ2n) is 8.32. The molecule has 9 nitrogen and oxygen atoms in total. The molecule has 0 bridgehead atoms. The number of nitrogens with two attached hydrogens (primary N) is 1. The maximum Gasteiger partial charge on any atom is 0.410 e. The van der Waals surface area contributed by atoms with E-state index in [0.29, 0.717) is 68.8 Å². The molecule has 1 aliphatic rings. The highest BCUT2D eigenvalue weighted by atomic mass is 19.1. The number of hydrogen-bond acceptors (Lipinski definition) is 6. The van der Waals surface area contributed by atoms with Crippen molar-refractivity contribution in [3.8, 4) is 11.4 Å². The van der Waals surface area contributed by atoms with E-state index < -0.39 is 5.60 Å². The van der Waals surface area contributed by atoms with Crippen LogP contribution in [-0.4, -0.2) is 70.3 Å². The van der Waals surface area contributed by atoms with Crippen LogP contribution in [0.5, 0.6) is 0 Å². The van der Waals surface area contributed by atoms with Gasteiger partial charge in [0.2, 0.25) is 11.7 Å². The molecule has 0 unspecified atom stereocenters. The van der Waals surface area contributed by atoms with Crippen molar-refractivity contribution in [3.05, 3.63) is 36.0 Å². The molecule has 1 aliphatic heterocycles. The number of aromatic nitrogens is 2. The van der Waals surface area contributed by atoms with E-state index in [1.807, 2.05) is 25.7 Å². The van der Waals surface area contributed by atoms with Crippen LogP contribution in [0.3, 0.4) is 0 Å². The van der Waals surface area contributed by atoms with Gasteiger partial charge in [0, 0.05) is 44.7 Å². The molecule has 2 heterocycles. The lowest BCUT2D eigenvalue weighted by Gasteiger charge is -2.36. The van der Waals surface area contributed by atoms with Crippen LogP contribution >= 0.6 is 0 Å². The van der Waals surface area contributed by atoms with Crippen LogP contribution in [0.15, 0.2) is 33.8 Å². The molecule has 0 aliphatic carbocycles. The van der Waals surface area contributed by atoms with Crippen LogP contribution < -0.4 is 5.73 Å². The van der Waals surface area contributed by atoms with Crippen molar-refractivity contribution in [2.75, 3.05) is 32.7 Å². The molecule has 0 atom stereocenters. The van der Waals surface area contributed by atoms with Gasteiger partial charge in [-0.25, -0.2) is 9.18 Å². The van der Waals surface area contributed by atoms with Gasteiger partial charge in [-0.3, -0.25) is 4.99 Å². The maximum absolute atomic E-state index is 13.0. The number of guanidine groups is 1. The van der Waals surface area contributed by atoms with Crippen LogP contribution in [0.4, 0.5) is 9.18 Å².